The summed E-state index contributed by atoms with van der Waals surface area (Å²) in [7, 11) is 0. The molecular weight excluding hydrogens is 214 g/mol. The van der Waals surface area contributed by atoms with Crippen LogP contribution in [0.3, 0.4) is 0 Å². The van der Waals surface area contributed by atoms with E-state index in [9.17, 15) is 0 Å². The molecule has 0 amide bonds. The van der Waals surface area contributed by atoms with Crippen LogP contribution < -0.4 is 0 Å². The highest BCUT2D eigenvalue weighted by Gasteiger charge is 2.24. The van der Waals surface area contributed by atoms with Crippen molar-refractivity contribution < 1.29 is 0 Å². The summed E-state index contributed by atoms with van der Waals surface area (Å²) >= 11 is 1.92. The number of hydrogen-bond donors (Lipinski definition) is 0. The van der Waals surface area contributed by atoms with E-state index in [0.29, 0.717) is 11.8 Å². The number of fused-ring (bicyclic) bond motifs is 3. The van der Waals surface area contributed by atoms with Gasteiger partial charge < -0.3 is 0 Å². The molecule has 0 saturated carbocycles. The predicted molar refractivity (Wildman–Crippen MR) is 72.2 cm³/mol. The number of nitrogens with zero attached hydrogens (tertiary/aromatic N) is 1. The van der Waals surface area contributed by atoms with Crippen LogP contribution in [-0.4, -0.2) is 6.21 Å². The molecule has 1 aromatic heterocycles. The third kappa shape index (κ3) is 1.40. The maximum Gasteiger partial charge on any atom is 0.0846 e. The van der Waals surface area contributed by atoms with Gasteiger partial charge >= 0.3 is 0 Å². The van der Waals surface area contributed by atoms with Gasteiger partial charge in [-0.15, -0.1) is 11.3 Å². The van der Waals surface area contributed by atoms with Crippen molar-refractivity contribution in [2.45, 2.75) is 26.2 Å². The van der Waals surface area contributed by atoms with Crippen LogP contribution in [-0.2, 0) is 0 Å². The molecule has 0 spiro atoms. The van der Waals surface area contributed by atoms with Gasteiger partial charge in [0.15, 0.2) is 0 Å². The lowest BCUT2D eigenvalue weighted by Crippen LogP contribution is -2.08. The molecule has 0 radical (unpaired) electrons. The molecule has 1 unspecified atom stereocenters. The molecule has 2 heterocycles. The van der Waals surface area contributed by atoms with E-state index >= 15 is 0 Å². The van der Waals surface area contributed by atoms with Crippen molar-refractivity contribution in [2.24, 2.45) is 10.9 Å². The standard InChI is InChI=1S/C14H15NS/c1-9(2)10-7-8-15-13-11-5-3-4-6-12(11)16-14(10)13/h3-6,8-10H,7H2,1-2H3. The predicted octanol–water partition coefficient (Wildman–Crippen LogP) is 4.75. The fourth-order valence-electron chi connectivity index (χ4n) is 2.37. The van der Waals surface area contributed by atoms with Gasteiger partial charge in [0.2, 0.25) is 0 Å². The minimum atomic E-state index is 0.657. The Morgan fingerprint density at radius 2 is 2.12 bits per heavy atom. The molecular formula is C14H15NS. The highest BCUT2D eigenvalue weighted by molar-refractivity contribution is 7.19. The molecule has 0 N–H and O–H groups in total. The SMILES string of the molecule is CC(C)C1CC=Nc2c1sc1ccccc21. The van der Waals surface area contributed by atoms with Crippen molar-refractivity contribution in [3.63, 3.8) is 0 Å². The Balaban J connectivity index is 2.26. The first-order valence-electron chi connectivity index (χ1n) is 5.81. The lowest BCUT2D eigenvalue weighted by Gasteiger charge is -2.21. The Morgan fingerprint density at radius 1 is 1.31 bits per heavy atom. The van der Waals surface area contributed by atoms with Crippen LogP contribution in [0.15, 0.2) is 29.3 Å². The quantitative estimate of drug-likeness (QED) is 0.669. The Morgan fingerprint density at radius 3 is 2.94 bits per heavy atom. The summed E-state index contributed by atoms with van der Waals surface area (Å²) < 4.78 is 1.37. The van der Waals surface area contributed by atoms with Crippen LogP contribution in [0.2, 0.25) is 0 Å². The van der Waals surface area contributed by atoms with Crippen molar-refractivity contribution in [3.8, 4) is 0 Å². The summed E-state index contributed by atoms with van der Waals surface area (Å²) in [5.41, 5.74) is 1.23. The first-order valence-corrected chi connectivity index (χ1v) is 6.63. The Labute approximate surface area is 99.8 Å². The third-order valence-electron chi connectivity index (χ3n) is 3.32. The smallest absolute Gasteiger partial charge is 0.0846 e. The molecule has 2 heteroatoms. The van der Waals surface area contributed by atoms with E-state index in [1.807, 2.05) is 11.3 Å². The summed E-state index contributed by atoms with van der Waals surface area (Å²) in [5, 5.41) is 1.32. The van der Waals surface area contributed by atoms with E-state index in [0.717, 1.165) is 6.42 Å². The van der Waals surface area contributed by atoms with Crippen molar-refractivity contribution >= 4 is 33.3 Å². The second-order valence-electron chi connectivity index (χ2n) is 4.71. The normalized spacial score (nSPS) is 19.3. The lowest BCUT2D eigenvalue weighted by molar-refractivity contribution is 0.519. The summed E-state index contributed by atoms with van der Waals surface area (Å²) in [5.74, 6) is 1.35. The van der Waals surface area contributed by atoms with E-state index in [1.54, 1.807) is 0 Å². The van der Waals surface area contributed by atoms with Crippen molar-refractivity contribution in [1.29, 1.82) is 0 Å². The summed E-state index contributed by atoms with van der Waals surface area (Å²) in [6.45, 7) is 4.61. The van der Waals surface area contributed by atoms with Crippen molar-refractivity contribution in [3.05, 3.63) is 29.1 Å². The third-order valence-corrected chi connectivity index (χ3v) is 4.61. The van der Waals surface area contributed by atoms with Gasteiger partial charge in [0.25, 0.3) is 0 Å². The molecule has 2 aromatic rings. The highest BCUT2D eigenvalue weighted by atomic mass is 32.1. The van der Waals surface area contributed by atoms with E-state index < -0.39 is 0 Å². The molecule has 1 atom stereocenters. The lowest BCUT2D eigenvalue weighted by atomic mass is 9.89. The van der Waals surface area contributed by atoms with Gasteiger partial charge in [-0.3, -0.25) is 4.99 Å². The molecule has 1 aromatic carbocycles. The van der Waals surface area contributed by atoms with Crippen LogP contribution in [0.25, 0.3) is 10.1 Å². The van der Waals surface area contributed by atoms with Crippen LogP contribution in [0, 0.1) is 5.92 Å². The average molecular weight is 229 g/mol. The first kappa shape index (κ1) is 10.0. The zero-order valence-electron chi connectivity index (χ0n) is 9.60. The zero-order chi connectivity index (χ0) is 11.1. The van der Waals surface area contributed by atoms with E-state index in [-0.39, 0.29) is 0 Å². The summed E-state index contributed by atoms with van der Waals surface area (Å²) in [6, 6.07) is 8.60. The molecule has 1 aliphatic heterocycles. The minimum absolute atomic E-state index is 0.657. The monoisotopic (exact) mass is 229 g/mol. The Kier molecular flexibility index (Phi) is 2.32. The fourth-order valence-corrected chi connectivity index (χ4v) is 3.81. The molecule has 0 saturated heterocycles. The molecule has 1 nitrogen and oxygen atoms in total. The summed E-state index contributed by atoms with van der Waals surface area (Å²) in [6.07, 6.45) is 3.18. The van der Waals surface area contributed by atoms with E-state index in [1.165, 1.54) is 20.7 Å². The van der Waals surface area contributed by atoms with Gasteiger partial charge in [-0.2, -0.15) is 0 Å². The maximum atomic E-state index is 4.60. The van der Waals surface area contributed by atoms with Gasteiger partial charge in [-0.05, 0) is 18.4 Å². The van der Waals surface area contributed by atoms with Crippen LogP contribution >= 0.6 is 11.3 Å². The molecule has 82 valence electrons. The molecule has 0 aliphatic carbocycles. The van der Waals surface area contributed by atoms with Crippen molar-refractivity contribution in [1.82, 2.24) is 0 Å². The highest BCUT2D eigenvalue weighted by Crippen LogP contribution is 2.47. The molecule has 16 heavy (non-hydrogen) atoms. The van der Waals surface area contributed by atoms with Gasteiger partial charge in [0.1, 0.15) is 0 Å². The largest absolute Gasteiger partial charge is 0.259 e. The number of rotatable bonds is 1. The molecule has 3 rings (SSSR count). The number of aliphatic imine (C=N–C) groups is 1. The Hall–Kier alpha value is -1.15. The minimum Gasteiger partial charge on any atom is -0.259 e. The zero-order valence-corrected chi connectivity index (χ0v) is 10.4. The van der Waals surface area contributed by atoms with Gasteiger partial charge in [0, 0.05) is 27.1 Å². The fraction of sp³-hybridized carbons (Fsp3) is 0.357. The van der Waals surface area contributed by atoms with Gasteiger partial charge in [-0.25, -0.2) is 0 Å². The van der Waals surface area contributed by atoms with E-state index in [4.69, 9.17) is 0 Å². The second-order valence-corrected chi connectivity index (χ2v) is 5.79. The van der Waals surface area contributed by atoms with E-state index in [2.05, 4.69) is 49.3 Å². The first-order chi connectivity index (χ1) is 7.77. The second kappa shape index (κ2) is 3.70. The molecule has 0 fully saturated rings. The van der Waals surface area contributed by atoms with Crippen LogP contribution in [0.4, 0.5) is 5.69 Å². The number of hydrogen-bond acceptors (Lipinski definition) is 2. The van der Waals surface area contributed by atoms with Crippen molar-refractivity contribution in [2.75, 3.05) is 0 Å². The average Bonchev–Trinajstić information content (AvgIpc) is 2.67. The summed E-state index contributed by atoms with van der Waals surface area (Å²) in [4.78, 5) is 6.08. The topological polar surface area (TPSA) is 12.4 Å². The number of benzene rings is 1. The number of thiophene rings is 1. The van der Waals surface area contributed by atoms with Gasteiger partial charge in [0.05, 0.1) is 5.69 Å². The van der Waals surface area contributed by atoms with Gasteiger partial charge in [-0.1, -0.05) is 32.0 Å². The maximum absolute atomic E-state index is 4.60. The molecule has 1 aliphatic rings. The Bertz CT molecular complexity index is 551. The van der Waals surface area contributed by atoms with Crippen LogP contribution in [0.1, 0.15) is 31.1 Å². The van der Waals surface area contributed by atoms with Crippen LogP contribution in [0.5, 0.6) is 0 Å². The molecule has 0 bridgehead atoms.